The van der Waals surface area contributed by atoms with Gasteiger partial charge in [-0.15, -0.1) is 11.3 Å². The number of hydrogen-bond acceptors (Lipinski definition) is 6. The Hall–Kier alpha value is -2.98. The largest absolute Gasteiger partial charge is 0.469 e. The smallest absolute Gasteiger partial charge is 0.309 e. The van der Waals surface area contributed by atoms with Crippen molar-refractivity contribution < 1.29 is 26.8 Å². The Balaban J connectivity index is 1.65. The van der Waals surface area contributed by atoms with E-state index in [1.165, 1.54) is 29.7 Å². The van der Waals surface area contributed by atoms with E-state index in [0.717, 1.165) is 12.1 Å². The summed E-state index contributed by atoms with van der Waals surface area (Å²) in [6, 6.07) is 11.3. The van der Waals surface area contributed by atoms with Crippen LogP contribution < -0.4 is 10.6 Å². The van der Waals surface area contributed by atoms with E-state index in [2.05, 4.69) is 10.6 Å². The number of halogens is 1. The van der Waals surface area contributed by atoms with Crippen molar-refractivity contribution in [2.75, 3.05) is 13.1 Å². The molecule has 158 valence electrons. The zero-order valence-electron chi connectivity index (χ0n) is 15.7. The van der Waals surface area contributed by atoms with Crippen molar-refractivity contribution in [3.63, 3.8) is 0 Å². The van der Waals surface area contributed by atoms with Crippen LogP contribution in [-0.2, 0) is 25.8 Å². The number of benzene rings is 1. The SMILES string of the molecule is O=C(NCCc1ccco1)C(=O)NCC(c1cccs1)S(=O)(=O)c1ccc(F)cc1. The molecule has 0 fully saturated rings. The second kappa shape index (κ2) is 9.68. The summed E-state index contributed by atoms with van der Waals surface area (Å²) in [5.41, 5.74) is 0. The highest BCUT2D eigenvalue weighted by Crippen LogP contribution is 2.31. The molecule has 0 saturated heterocycles. The van der Waals surface area contributed by atoms with Gasteiger partial charge in [0.05, 0.1) is 11.2 Å². The summed E-state index contributed by atoms with van der Waals surface area (Å²) in [5.74, 6) is -1.70. The van der Waals surface area contributed by atoms with Gasteiger partial charge in [-0.25, -0.2) is 12.8 Å². The fourth-order valence-electron chi connectivity index (χ4n) is 2.73. The highest BCUT2D eigenvalue weighted by atomic mass is 32.2. The summed E-state index contributed by atoms with van der Waals surface area (Å²) in [4.78, 5) is 24.5. The maximum atomic E-state index is 13.2. The molecule has 0 aliphatic rings. The zero-order valence-corrected chi connectivity index (χ0v) is 17.3. The van der Waals surface area contributed by atoms with Crippen molar-refractivity contribution >= 4 is 33.0 Å². The van der Waals surface area contributed by atoms with E-state index in [1.807, 2.05) is 0 Å². The first-order valence-corrected chi connectivity index (χ1v) is 11.4. The lowest BCUT2D eigenvalue weighted by atomic mass is 10.3. The van der Waals surface area contributed by atoms with Gasteiger partial charge in [0, 0.05) is 24.4 Å². The first-order chi connectivity index (χ1) is 14.4. The van der Waals surface area contributed by atoms with Crippen LogP contribution in [0.1, 0.15) is 15.9 Å². The highest BCUT2D eigenvalue weighted by molar-refractivity contribution is 7.91. The molecular weight excluding hydrogens is 431 g/mol. The van der Waals surface area contributed by atoms with Crippen molar-refractivity contribution in [3.8, 4) is 0 Å². The maximum Gasteiger partial charge on any atom is 0.309 e. The third-order valence-electron chi connectivity index (χ3n) is 4.27. The molecule has 3 rings (SSSR count). The highest BCUT2D eigenvalue weighted by Gasteiger charge is 2.31. The Morgan fingerprint density at radius 1 is 1.03 bits per heavy atom. The Morgan fingerprint density at radius 2 is 1.77 bits per heavy atom. The van der Waals surface area contributed by atoms with E-state index >= 15 is 0 Å². The predicted octanol–water partition coefficient (Wildman–Crippen LogP) is 2.47. The number of thiophene rings is 1. The maximum absolute atomic E-state index is 13.2. The van der Waals surface area contributed by atoms with Crippen LogP contribution in [0.3, 0.4) is 0 Å². The van der Waals surface area contributed by atoms with Crippen LogP contribution >= 0.6 is 11.3 Å². The van der Waals surface area contributed by atoms with Crippen LogP contribution in [0.25, 0.3) is 0 Å². The van der Waals surface area contributed by atoms with Crippen LogP contribution in [-0.4, -0.2) is 33.3 Å². The second-order valence-corrected chi connectivity index (χ2v) is 9.41. The number of nitrogens with one attached hydrogen (secondary N) is 2. The molecule has 10 heteroatoms. The zero-order chi connectivity index (χ0) is 21.6. The number of carbonyl (C=O) groups is 2. The van der Waals surface area contributed by atoms with E-state index in [-0.39, 0.29) is 18.0 Å². The summed E-state index contributed by atoms with van der Waals surface area (Å²) in [6.07, 6.45) is 1.93. The van der Waals surface area contributed by atoms with Gasteiger partial charge in [0.1, 0.15) is 16.8 Å². The number of hydrogen-bond donors (Lipinski definition) is 2. The lowest BCUT2D eigenvalue weighted by Gasteiger charge is -2.17. The van der Waals surface area contributed by atoms with E-state index in [1.54, 1.807) is 29.6 Å². The lowest BCUT2D eigenvalue weighted by Crippen LogP contribution is -2.42. The van der Waals surface area contributed by atoms with Gasteiger partial charge in [-0.05, 0) is 47.8 Å². The fourth-order valence-corrected chi connectivity index (χ4v) is 5.51. The second-order valence-electron chi connectivity index (χ2n) is 6.30. The van der Waals surface area contributed by atoms with Crippen molar-refractivity contribution in [1.82, 2.24) is 10.6 Å². The molecule has 2 N–H and O–H groups in total. The van der Waals surface area contributed by atoms with Gasteiger partial charge in [0.15, 0.2) is 9.84 Å². The van der Waals surface area contributed by atoms with Gasteiger partial charge in [-0.3, -0.25) is 9.59 Å². The fraction of sp³-hybridized carbons (Fsp3) is 0.200. The summed E-state index contributed by atoms with van der Waals surface area (Å²) in [6.45, 7) is -0.105. The molecule has 30 heavy (non-hydrogen) atoms. The minimum Gasteiger partial charge on any atom is -0.469 e. The number of amides is 2. The summed E-state index contributed by atoms with van der Waals surface area (Å²) in [5, 5.41) is 5.44. The van der Waals surface area contributed by atoms with Crippen LogP contribution in [0.15, 0.2) is 69.5 Å². The predicted molar refractivity (Wildman–Crippen MR) is 109 cm³/mol. The van der Waals surface area contributed by atoms with Crippen molar-refractivity contribution in [2.45, 2.75) is 16.6 Å². The Morgan fingerprint density at radius 3 is 2.40 bits per heavy atom. The van der Waals surface area contributed by atoms with Crippen LogP contribution in [0, 0.1) is 5.82 Å². The van der Waals surface area contributed by atoms with Gasteiger partial charge >= 0.3 is 11.8 Å². The normalized spacial score (nSPS) is 12.3. The molecule has 0 saturated carbocycles. The molecule has 0 radical (unpaired) electrons. The molecule has 0 aliphatic heterocycles. The van der Waals surface area contributed by atoms with Crippen molar-refractivity contribution in [1.29, 1.82) is 0 Å². The summed E-state index contributed by atoms with van der Waals surface area (Å²) in [7, 11) is -3.92. The molecule has 0 aliphatic carbocycles. The van der Waals surface area contributed by atoms with Gasteiger partial charge < -0.3 is 15.1 Å². The summed E-state index contributed by atoms with van der Waals surface area (Å²) < 4.78 is 44.4. The lowest BCUT2D eigenvalue weighted by molar-refractivity contribution is -0.139. The molecule has 1 unspecified atom stereocenters. The van der Waals surface area contributed by atoms with Crippen LogP contribution in [0.4, 0.5) is 4.39 Å². The average Bonchev–Trinajstić information content (AvgIpc) is 3.42. The van der Waals surface area contributed by atoms with Crippen molar-refractivity contribution in [3.05, 3.63) is 76.6 Å². The van der Waals surface area contributed by atoms with Crippen molar-refractivity contribution in [2.24, 2.45) is 0 Å². The van der Waals surface area contributed by atoms with Gasteiger partial charge in [-0.1, -0.05) is 6.07 Å². The minimum atomic E-state index is -3.92. The van der Waals surface area contributed by atoms with Gasteiger partial charge in [-0.2, -0.15) is 0 Å². The molecule has 1 aromatic carbocycles. The van der Waals surface area contributed by atoms with E-state index in [9.17, 15) is 22.4 Å². The third-order valence-corrected chi connectivity index (χ3v) is 7.50. The topological polar surface area (TPSA) is 105 Å². The molecule has 7 nitrogen and oxygen atoms in total. The van der Waals surface area contributed by atoms with Crippen LogP contribution in [0.5, 0.6) is 0 Å². The monoisotopic (exact) mass is 450 g/mol. The average molecular weight is 451 g/mol. The molecule has 2 aromatic heterocycles. The minimum absolute atomic E-state index is 0.0700. The molecule has 1 atom stereocenters. The third kappa shape index (κ3) is 5.33. The number of rotatable bonds is 8. The van der Waals surface area contributed by atoms with E-state index < -0.39 is 32.7 Å². The Kier molecular flexibility index (Phi) is 7.01. The standard InChI is InChI=1S/C20H19FN2O5S2/c21-14-5-7-16(8-6-14)30(26,27)18(17-4-2-12-29-17)13-23-20(25)19(24)22-10-9-15-3-1-11-28-15/h1-8,11-12,18H,9-10,13H2,(H,22,24)(H,23,25). The van der Waals surface area contributed by atoms with E-state index in [0.29, 0.717) is 17.1 Å². The molecule has 2 amide bonds. The van der Waals surface area contributed by atoms with Gasteiger partial charge in [0.2, 0.25) is 0 Å². The number of furan rings is 1. The molecule has 2 heterocycles. The molecular formula is C20H19FN2O5S2. The number of sulfone groups is 1. The molecule has 0 spiro atoms. The Labute approximate surface area is 176 Å². The quantitative estimate of drug-likeness (QED) is 0.405. The van der Waals surface area contributed by atoms with Gasteiger partial charge in [0.25, 0.3) is 0 Å². The molecule has 3 aromatic rings. The van der Waals surface area contributed by atoms with E-state index in [4.69, 9.17) is 4.42 Å². The molecule has 0 bridgehead atoms. The summed E-state index contributed by atoms with van der Waals surface area (Å²) >= 11 is 1.21. The first-order valence-electron chi connectivity index (χ1n) is 8.99. The van der Waals surface area contributed by atoms with Crippen LogP contribution in [0.2, 0.25) is 0 Å². The first kappa shape index (κ1) is 21.7. The number of carbonyl (C=O) groups excluding carboxylic acids is 2. The Bertz CT molecular complexity index is 1080.